The molecule has 0 aliphatic carbocycles. The van der Waals surface area contributed by atoms with Crippen molar-refractivity contribution >= 4 is 19.9 Å². The second kappa shape index (κ2) is 7.03. The van der Waals surface area contributed by atoms with Crippen LogP contribution in [0.25, 0.3) is 0 Å². The Kier molecular flexibility index (Phi) is 5.11. The quantitative estimate of drug-likeness (QED) is 0.741. The molecule has 2 aromatic rings. The van der Waals surface area contributed by atoms with Gasteiger partial charge in [-0.2, -0.15) is 0 Å². The van der Waals surface area contributed by atoms with E-state index >= 15 is 0 Å². The fraction of sp³-hybridized carbons (Fsp3) is 0.250. The first-order chi connectivity index (χ1) is 10.2. The van der Waals surface area contributed by atoms with Crippen LogP contribution in [0.2, 0.25) is 0 Å². The van der Waals surface area contributed by atoms with Gasteiger partial charge in [0.05, 0.1) is 38.0 Å². The monoisotopic (exact) mass is 304 g/mol. The average Bonchev–Trinajstić information content (AvgIpc) is 2.53. The molecule has 0 saturated carbocycles. The highest BCUT2D eigenvalue weighted by Crippen LogP contribution is 2.19. The molecular weight excluding hydrogens is 284 g/mol. The van der Waals surface area contributed by atoms with Crippen LogP contribution < -0.4 is 29.3 Å². The van der Waals surface area contributed by atoms with Gasteiger partial charge in [-0.15, -0.1) is 0 Å². The molecule has 0 bridgehead atoms. The maximum atomic E-state index is 5.32. The van der Waals surface area contributed by atoms with Gasteiger partial charge in [0, 0.05) is 12.1 Å². The standard InChI is InChI=1S/C16H20O4Si/c1-17-11-5-12(18-2)8-15(7-11)21-16-9-13(19-3)6-14(10-16)20-4/h5-10H,21H2,1-4H3. The lowest BCUT2D eigenvalue weighted by Crippen LogP contribution is -2.27. The third-order valence-corrected chi connectivity index (χ3v) is 4.86. The molecule has 112 valence electrons. The number of rotatable bonds is 6. The average molecular weight is 304 g/mol. The molecule has 0 saturated heterocycles. The van der Waals surface area contributed by atoms with E-state index in [1.807, 2.05) is 12.1 Å². The lowest BCUT2D eigenvalue weighted by atomic mass is 10.3. The van der Waals surface area contributed by atoms with Crippen molar-refractivity contribution in [1.82, 2.24) is 0 Å². The minimum atomic E-state index is -0.677. The third kappa shape index (κ3) is 3.92. The normalized spacial score (nSPS) is 10.1. The summed E-state index contributed by atoms with van der Waals surface area (Å²) in [4.78, 5) is 0. The zero-order valence-corrected chi connectivity index (χ0v) is 14.2. The van der Waals surface area contributed by atoms with Crippen molar-refractivity contribution in [3.63, 3.8) is 0 Å². The van der Waals surface area contributed by atoms with Crippen molar-refractivity contribution < 1.29 is 18.9 Å². The first kappa shape index (κ1) is 15.2. The van der Waals surface area contributed by atoms with E-state index in [1.54, 1.807) is 28.4 Å². The minimum absolute atomic E-state index is 0.677. The van der Waals surface area contributed by atoms with Crippen molar-refractivity contribution in [2.24, 2.45) is 0 Å². The van der Waals surface area contributed by atoms with Gasteiger partial charge in [0.2, 0.25) is 0 Å². The van der Waals surface area contributed by atoms with Crippen LogP contribution in [0.5, 0.6) is 23.0 Å². The number of benzene rings is 2. The van der Waals surface area contributed by atoms with Crippen LogP contribution in [0.3, 0.4) is 0 Å². The summed E-state index contributed by atoms with van der Waals surface area (Å²) in [7, 11) is 5.97. The lowest BCUT2D eigenvalue weighted by Gasteiger charge is -2.10. The van der Waals surface area contributed by atoms with Crippen LogP contribution in [-0.4, -0.2) is 38.0 Å². The Morgan fingerprint density at radius 2 is 0.810 bits per heavy atom. The van der Waals surface area contributed by atoms with Crippen molar-refractivity contribution in [2.75, 3.05) is 28.4 Å². The topological polar surface area (TPSA) is 36.9 Å². The van der Waals surface area contributed by atoms with E-state index in [4.69, 9.17) is 18.9 Å². The summed E-state index contributed by atoms with van der Waals surface area (Å²) in [5.74, 6) is 3.25. The molecular formula is C16H20O4Si. The Morgan fingerprint density at radius 3 is 1.05 bits per heavy atom. The van der Waals surface area contributed by atoms with E-state index in [-0.39, 0.29) is 0 Å². The zero-order valence-electron chi connectivity index (χ0n) is 12.8. The predicted octanol–water partition coefficient (Wildman–Crippen LogP) is 0.841. The van der Waals surface area contributed by atoms with E-state index in [9.17, 15) is 0 Å². The number of ether oxygens (including phenoxy) is 4. The van der Waals surface area contributed by atoms with Gasteiger partial charge in [-0.25, -0.2) is 0 Å². The van der Waals surface area contributed by atoms with Crippen molar-refractivity contribution in [3.05, 3.63) is 36.4 Å². The molecule has 0 aromatic heterocycles. The summed E-state index contributed by atoms with van der Waals surface area (Å²) in [6, 6.07) is 12.0. The summed E-state index contributed by atoms with van der Waals surface area (Å²) in [5, 5.41) is 2.48. The van der Waals surface area contributed by atoms with Gasteiger partial charge in [0.15, 0.2) is 0 Å². The molecule has 0 heterocycles. The van der Waals surface area contributed by atoms with Gasteiger partial charge >= 0.3 is 0 Å². The molecule has 0 spiro atoms. The summed E-state index contributed by atoms with van der Waals surface area (Å²) in [6.07, 6.45) is 0. The van der Waals surface area contributed by atoms with Crippen LogP contribution in [0.1, 0.15) is 0 Å². The summed E-state index contributed by atoms with van der Waals surface area (Å²) in [6.45, 7) is 0. The second-order valence-corrected chi connectivity index (χ2v) is 6.61. The fourth-order valence-corrected chi connectivity index (χ4v) is 3.86. The van der Waals surface area contributed by atoms with Crippen LogP contribution in [0, 0.1) is 0 Å². The Labute approximate surface area is 127 Å². The Balaban J connectivity index is 2.32. The third-order valence-electron chi connectivity index (χ3n) is 3.23. The molecule has 0 N–H and O–H groups in total. The smallest absolute Gasteiger partial charge is 0.122 e. The van der Waals surface area contributed by atoms with Crippen LogP contribution in [0.4, 0.5) is 0 Å². The summed E-state index contributed by atoms with van der Waals surface area (Å²) < 4.78 is 21.3. The zero-order chi connectivity index (χ0) is 15.2. The van der Waals surface area contributed by atoms with Crippen LogP contribution in [-0.2, 0) is 0 Å². The van der Waals surface area contributed by atoms with E-state index in [2.05, 4.69) is 24.3 Å². The molecule has 21 heavy (non-hydrogen) atoms. The fourth-order valence-electron chi connectivity index (χ4n) is 2.17. The Morgan fingerprint density at radius 1 is 0.524 bits per heavy atom. The molecule has 0 amide bonds. The van der Waals surface area contributed by atoms with Gasteiger partial charge in [0.1, 0.15) is 23.0 Å². The van der Waals surface area contributed by atoms with E-state index < -0.39 is 9.52 Å². The maximum Gasteiger partial charge on any atom is 0.122 e. The van der Waals surface area contributed by atoms with E-state index in [1.165, 1.54) is 10.4 Å². The van der Waals surface area contributed by atoms with E-state index in [0.29, 0.717) is 0 Å². The molecule has 0 radical (unpaired) electrons. The molecule has 4 nitrogen and oxygen atoms in total. The second-order valence-electron chi connectivity index (χ2n) is 4.62. The lowest BCUT2D eigenvalue weighted by molar-refractivity contribution is 0.395. The maximum absolute atomic E-state index is 5.32. The number of methoxy groups -OCH3 is 4. The molecule has 2 aromatic carbocycles. The molecule has 5 heteroatoms. The van der Waals surface area contributed by atoms with Crippen molar-refractivity contribution in [1.29, 1.82) is 0 Å². The predicted molar refractivity (Wildman–Crippen MR) is 86.9 cm³/mol. The molecule has 0 atom stereocenters. The summed E-state index contributed by atoms with van der Waals surface area (Å²) >= 11 is 0. The Hall–Kier alpha value is -2.14. The highest BCUT2D eigenvalue weighted by Gasteiger charge is 2.07. The largest absolute Gasteiger partial charge is 0.497 e. The van der Waals surface area contributed by atoms with Crippen molar-refractivity contribution in [3.8, 4) is 23.0 Å². The number of hydrogen-bond acceptors (Lipinski definition) is 4. The Bertz CT molecular complexity index is 515. The highest BCUT2D eigenvalue weighted by molar-refractivity contribution is 6.67. The molecule has 2 rings (SSSR count). The van der Waals surface area contributed by atoms with Gasteiger partial charge in [-0.05, 0) is 24.3 Å². The SMILES string of the molecule is COc1cc(OC)cc([SiH2]c2cc(OC)cc(OC)c2)c1. The van der Waals surface area contributed by atoms with Crippen LogP contribution in [0.15, 0.2) is 36.4 Å². The van der Waals surface area contributed by atoms with Gasteiger partial charge in [-0.1, -0.05) is 10.4 Å². The summed E-state index contributed by atoms with van der Waals surface area (Å²) in [5.41, 5.74) is 0. The molecule has 0 fully saturated rings. The van der Waals surface area contributed by atoms with Gasteiger partial charge < -0.3 is 18.9 Å². The first-order valence-electron chi connectivity index (χ1n) is 6.62. The van der Waals surface area contributed by atoms with Gasteiger partial charge in [-0.3, -0.25) is 0 Å². The highest BCUT2D eigenvalue weighted by atomic mass is 28.2. The van der Waals surface area contributed by atoms with Crippen LogP contribution >= 0.6 is 0 Å². The molecule has 0 aliphatic rings. The van der Waals surface area contributed by atoms with Gasteiger partial charge in [0.25, 0.3) is 0 Å². The first-order valence-corrected chi connectivity index (χ1v) is 8.03. The van der Waals surface area contributed by atoms with Crippen molar-refractivity contribution in [2.45, 2.75) is 0 Å². The van der Waals surface area contributed by atoms with E-state index in [0.717, 1.165) is 23.0 Å². The molecule has 0 unspecified atom stereocenters. The number of hydrogen-bond donors (Lipinski definition) is 0. The molecule has 0 aliphatic heterocycles. The minimum Gasteiger partial charge on any atom is -0.497 e.